The van der Waals surface area contributed by atoms with Crippen molar-refractivity contribution in [1.29, 1.82) is 0 Å². The maximum atomic E-state index is 12.2. The molecule has 1 heterocycles. The average molecular weight is 426 g/mol. The summed E-state index contributed by atoms with van der Waals surface area (Å²) in [5.74, 6) is -0.147. The van der Waals surface area contributed by atoms with Crippen molar-refractivity contribution >= 4 is 28.9 Å². The zero-order valence-electron chi connectivity index (χ0n) is 17.5. The van der Waals surface area contributed by atoms with Crippen LogP contribution >= 0.6 is 0 Å². The molecule has 1 aliphatic heterocycles. The third kappa shape index (κ3) is 5.94. The van der Waals surface area contributed by atoms with Gasteiger partial charge >= 0.3 is 5.69 Å². The molecule has 31 heavy (non-hydrogen) atoms. The molecule has 2 aromatic rings. The molecule has 0 aromatic heterocycles. The standard InChI is InChI=1S/C22H26N4O5/c1-2-5-22(28)25-14-12-24(13-15-25)18-10-8-17(9-11-18)23-21(27)16-31-20-7-4-3-6-19(20)26(29)30/h3-4,6-11H,2,5,12-16H2,1H3,(H,23,27). The van der Waals surface area contributed by atoms with Crippen molar-refractivity contribution in [3.63, 3.8) is 0 Å². The van der Waals surface area contributed by atoms with Gasteiger partial charge in [-0.2, -0.15) is 0 Å². The van der Waals surface area contributed by atoms with Gasteiger partial charge in [0.1, 0.15) is 0 Å². The number of amides is 2. The first-order chi connectivity index (χ1) is 15.0. The van der Waals surface area contributed by atoms with Crippen LogP contribution in [0, 0.1) is 10.1 Å². The van der Waals surface area contributed by atoms with Crippen LogP contribution in [-0.2, 0) is 9.59 Å². The summed E-state index contributed by atoms with van der Waals surface area (Å²) in [4.78, 5) is 38.7. The number of para-hydroxylation sites is 2. The summed E-state index contributed by atoms with van der Waals surface area (Å²) in [6.45, 7) is 4.63. The van der Waals surface area contributed by atoms with E-state index in [1.54, 1.807) is 18.2 Å². The highest BCUT2D eigenvalue weighted by atomic mass is 16.6. The number of piperazine rings is 1. The number of rotatable bonds is 8. The van der Waals surface area contributed by atoms with Gasteiger partial charge in [-0.3, -0.25) is 19.7 Å². The molecule has 1 N–H and O–H groups in total. The van der Waals surface area contributed by atoms with Crippen LogP contribution in [0.3, 0.4) is 0 Å². The first-order valence-corrected chi connectivity index (χ1v) is 10.3. The van der Waals surface area contributed by atoms with Gasteiger partial charge in [0.2, 0.25) is 5.91 Å². The molecular weight excluding hydrogens is 400 g/mol. The predicted octanol–water partition coefficient (Wildman–Crippen LogP) is 3.06. The van der Waals surface area contributed by atoms with Gasteiger partial charge in [-0.1, -0.05) is 19.1 Å². The molecule has 2 amide bonds. The molecule has 0 bridgehead atoms. The summed E-state index contributed by atoms with van der Waals surface area (Å²) < 4.78 is 5.30. The number of hydrogen-bond donors (Lipinski definition) is 1. The highest BCUT2D eigenvalue weighted by molar-refractivity contribution is 5.92. The maximum Gasteiger partial charge on any atom is 0.310 e. The van der Waals surface area contributed by atoms with Crippen LogP contribution in [0.4, 0.5) is 17.1 Å². The smallest absolute Gasteiger partial charge is 0.310 e. The van der Waals surface area contributed by atoms with Gasteiger partial charge in [0, 0.05) is 50.0 Å². The number of carbonyl (C=O) groups excluding carboxylic acids is 2. The molecule has 0 unspecified atom stereocenters. The second-order valence-corrected chi connectivity index (χ2v) is 7.23. The Bertz CT molecular complexity index is 924. The van der Waals surface area contributed by atoms with E-state index in [0.717, 1.165) is 25.2 Å². The van der Waals surface area contributed by atoms with Crippen molar-refractivity contribution in [2.75, 3.05) is 43.0 Å². The largest absolute Gasteiger partial charge is 0.477 e. The molecule has 0 atom stereocenters. The number of anilines is 2. The predicted molar refractivity (Wildman–Crippen MR) is 117 cm³/mol. The number of nitro groups is 1. The SMILES string of the molecule is CCCC(=O)N1CCN(c2ccc(NC(=O)COc3ccccc3[N+](=O)[O-])cc2)CC1. The molecule has 164 valence electrons. The fourth-order valence-electron chi connectivity index (χ4n) is 3.41. The minimum absolute atomic E-state index is 0.0505. The van der Waals surface area contributed by atoms with E-state index in [2.05, 4.69) is 10.2 Å². The number of carbonyl (C=O) groups is 2. The molecule has 1 fully saturated rings. The first kappa shape index (κ1) is 22.1. The summed E-state index contributed by atoms with van der Waals surface area (Å²) in [5.41, 5.74) is 1.45. The molecule has 9 nitrogen and oxygen atoms in total. The summed E-state index contributed by atoms with van der Waals surface area (Å²) in [6, 6.07) is 13.4. The van der Waals surface area contributed by atoms with Crippen molar-refractivity contribution in [3.05, 3.63) is 58.6 Å². The van der Waals surface area contributed by atoms with E-state index >= 15 is 0 Å². The molecule has 0 aliphatic carbocycles. The number of hydrogen-bond acceptors (Lipinski definition) is 6. The van der Waals surface area contributed by atoms with E-state index in [-0.39, 0.29) is 24.0 Å². The molecule has 0 saturated carbocycles. The molecule has 9 heteroatoms. The number of nitrogens with one attached hydrogen (secondary N) is 1. The number of ether oxygens (including phenoxy) is 1. The minimum Gasteiger partial charge on any atom is -0.477 e. The quantitative estimate of drug-likeness (QED) is 0.514. The van der Waals surface area contributed by atoms with Crippen LogP contribution in [-0.4, -0.2) is 54.4 Å². The van der Waals surface area contributed by atoms with Gasteiger partial charge in [-0.05, 0) is 36.8 Å². The van der Waals surface area contributed by atoms with Crippen LogP contribution in [0.15, 0.2) is 48.5 Å². The van der Waals surface area contributed by atoms with Crippen molar-refractivity contribution in [2.24, 2.45) is 0 Å². The Morgan fingerprint density at radius 1 is 1.06 bits per heavy atom. The van der Waals surface area contributed by atoms with Gasteiger partial charge in [0.05, 0.1) is 4.92 Å². The van der Waals surface area contributed by atoms with E-state index in [9.17, 15) is 19.7 Å². The van der Waals surface area contributed by atoms with E-state index in [4.69, 9.17) is 4.74 Å². The molecular formula is C22H26N4O5. The Morgan fingerprint density at radius 2 is 1.74 bits per heavy atom. The van der Waals surface area contributed by atoms with E-state index in [1.807, 2.05) is 24.0 Å². The van der Waals surface area contributed by atoms with Crippen LogP contribution in [0.2, 0.25) is 0 Å². The maximum absolute atomic E-state index is 12.2. The van der Waals surface area contributed by atoms with E-state index < -0.39 is 10.8 Å². The highest BCUT2D eigenvalue weighted by Gasteiger charge is 2.20. The van der Waals surface area contributed by atoms with Crippen LogP contribution in [0.25, 0.3) is 0 Å². The second kappa shape index (κ2) is 10.4. The van der Waals surface area contributed by atoms with Crippen molar-refractivity contribution in [3.8, 4) is 5.75 Å². The fraction of sp³-hybridized carbons (Fsp3) is 0.364. The lowest BCUT2D eigenvalue weighted by Crippen LogP contribution is -2.48. The molecule has 2 aromatic carbocycles. The lowest BCUT2D eigenvalue weighted by atomic mass is 10.2. The third-order valence-electron chi connectivity index (χ3n) is 5.03. The van der Waals surface area contributed by atoms with E-state index in [1.165, 1.54) is 18.2 Å². The van der Waals surface area contributed by atoms with Gasteiger partial charge < -0.3 is 19.9 Å². The van der Waals surface area contributed by atoms with Crippen molar-refractivity contribution in [2.45, 2.75) is 19.8 Å². The van der Waals surface area contributed by atoms with Crippen LogP contribution < -0.4 is 15.0 Å². The zero-order valence-corrected chi connectivity index (χ0v) is 17.5. The molecule has 3 rings (SSSR count). The van der Waals surface area contributed by atoms with Gasteiger partial charge in [0.15, 0.2) is 12.4 Å². The second-order valence-electron chi connectivity index (χ2n) is 7.23. The van der Waals surface area contributed by atoms with Gasteiger partial charge in [-0.25, -0.2) is 0 Å². The topological polar surface area (TPSA) is 105 Å². The summed E-state index contributed by atoms with van der Waals surface area (Å²) in [5, 5.41) is 13.7. The Labute approximate surface area is 180 Å². The third-order valence-corrected chi connectivity index (χ3v) is 5.03. The first-order valence-electron chi connectivity index (χ1n) is 10.3. The van der Waals surface area contributed by atoms with Crippen molar-refractivity contribution < 1.29 is 19.2 Å². The Balaban J connectivity index is 1.49. The Hall–Kier alpha value is -3.62. The Kier molecular flexibility index (Phi) is 7.42. The summed E-state index contributed by atoms with van der Waals surface area (Å²) in [7, 11) is 0. The van der Waals surface area contributed by atoms with E-state index in [0.29, 0.717) is 25.2 Å². The number of nitrogens with zero attached hydrogens (tertiary/aromatic N) is 3. The fourth-order valence-corrected chi connectivity index (χ4v) is 3.41. The average Bonchev–Trinajstić information content (AvgIpc) is 2.78. The number of benzene rings is 2. The summed E-state index contributed by atoms with van der Waals surface area (Å²) in [6.07, 6.45) is 1.45. The molecule has 0 radical (unpaired) electrons. The normalized spacial score (nSPS) is 13.6. The van der Waals surface area contributed by atoms with Gasteiger partial charge in [0.25, 0.3) is 5.91 Å². The number of nitro benzene ring substituents is 1. The minimum atomic E-state index is -0.550. The lowest BCUT2D eigenvalue weighted by Gasteiger charge is -2.36. The van der Waals surface area contributed by atoms with Crippen LogP contribution in [0.5, 0.6) is 5.75 Å². The van der Waals surface area contributed by atoms with Crippen LogP contribution in [0.1, 0.15) is 19.8 Å². The molecule has 1 saturated heterocycles. The zero-order chi connectivity index (χ0) is 22.2. The molecule has 1 aliphatic rings. The lowest BCUT2D eigenvalue weighted by molar-refractivity contribution is -0.385. The molecule has 0 spiro atoms. The highest BCUT2D eigenvalue weighted by Crippen LogP contribution is 2.26. The Morgan fingerprint density at radius 3 is 2.39 bits per heavy atom. The summed E-state index contributed by atoms with van der Waals surface area (Å²) >= 11 is 0. The van der Waals surface area contributed by atoms with Gasteiger partial charge in [-0.15, -0.1) is 0 Å². The van der Waals surface area contributed by atoms with Crippen molar-refractivity contribution in [1.82, 2.24) is 4.90 Å². The monoisotopic (exact) mass is 426 g/mol.